The van der Waals surface area contributed by atoms with Gasteiger partial charge in [0.2, 0.25) is 11.8 Å². The topological polar surface area (TPSA) is 41.5 Å². The van der Waals surface area contributed by atoms with Gasteiger partial charge in [0.05, 0.1) is 11.3 Å². The van der Waals surface area contributed by atoms with Crippen molar-refractivity contribution in [2.45, 2.75) is 53.1 Å². The Morgan fingerprint density at radius 2 is 1.81 bits per heavy atom. The van der Waals surface area contributed by atoms with Gasteiger partial charge in [-0.1, -0.05) is 24.6 Å². The Kier molecular flexibility index (Phi) is 6.15. The van der Waals surface area contributed by atoms with E-state index in [1.807, 2.05) is 23.5 Å². The Morgan fingerprint density at radius 1 is 1.03 bits per heavy atom. The molecular weight excluding hydrogens is 416 g/mol. The monoisotopic (exact) mass is 448 g/mol. The highest BCUT2D eigenvalue weighted by Gasteiger charge is 2.27. The lowest BCUT2D eigenvalue weighted by molar-refractivity contribution is 0.239. The first-order chi connectivity index (χ1) is 15.5. The van der Waals surface area contributed by atoms with Gasteiger partial charge in [-0.05, 0) is 61.7 Å². The third kappa shape index (κ3) is 4.66. The number of nitrogens with zero attached hydrogens (tertiary/aromatic N) is 4. The first-order valence-electron chi connectivity index (χ1n) is 11.7. The molecule has 0 saturated carbocycles. The zero-order chi connectivity index (χ0) is 22.1. The second-order valence-electron chi connectivity index (χ2n) is 9.33. The van der Waals surface area contributed by atoms with Crippen LogP contribution in [0.4, 0.5) is 5.95 Å². The van der Waals surface area contributed by atoms with Crippen LogP contribution < -0.4 is 9.64 Å². The minimum Gasteiger partial charge on any atom is -0.439 e. The number of thiophene rings is 1. The van der Waals surface area contributed by atoms with E-state index in [9.17, 15) is 0 Å². The third-order valence-corrected chi connectivity index (χ3v) is 7.73. The summed E-state index contributed by atoms with van der Waals surface area (Å²) < 4.78 is 6.39. The maximum Gasteiger partial charge on any atom is 0.228 e. The van der Waals surface area contributed by atoms with Crippen LogP contribution in [-0.2, 0) is 19.5 Å². The fourth-order valence-electron chi connectivity index (χ4n) is 4.48. The molecule has 0 spiro atoms. The number of ether oxygens (including phenoxy) is 1. The fraction of sp³-hybridized carbons (Fsp3) is 0.462. The number of hydrogen-bond acceptors (Lipinski definition) is 6. The summed E-state index contributed by atoms with van der Waals surface area (Å²) in [5, 5.41) is 2.18. The summed E-state index contributed by atoms with van der Waals surface area (Å²) in [5.41, 5.74) is 4.89. The van der Waals surface area contributed by atoms with E-state index in [0.29, 0.717) is 0 Å². The summed E-state index contributed by atoms with van der Waals surface area (Å²) >= 11 is 1.84. The SMILES string of the molecule is Cc1ccc(Oc2nc(N3CCC(C)CC3)nc3c2CN(Cc2sccc2C)CC3)cc1. The summed E-state index contributed by atoms with van der Waals surface area (Å²) in [6.45, 7) is 11.5. The molecule has 6 heteroatoms. The second-order valence-corrected chi connectivity index (χ2v) is 10.3. The molecular formula is C26H32N4OS. The molecule has 5 rings (SSSR count). The molecule has 3 aromatic rings. The number of aromatic nitrogens is 2. The molecule has 0 aliphatic carbocycles. The maximum atomic E-state index is 6.39. The van der Waals surface area contributed by atoms with Crippen LogP contribution in [0.5, 0.6) is 11.6 Å². The van der Waals surface area contributed by atoms with Gasteiger partial charge >= 0.3 is 0 Å². The van der Waals surface area contributed by atoms with Crippen molar-refractivity contribution in [2.24, 2.45) is 5.92 Å². The number of piperidine rings is 1. The Balaban J connectivity index is 1.45. The summed E-state index contributed by atoms with van der Waals surface area (Å²) in [4.78, 5) is 16.3. The van der Waals surface area contributed by atoms with E-state index in [-0.39, 0.29) is 0 Å². The van der Waals surface area contributed by atoms with Crippen LogP contribution >= 0.6 is 11.3 Å². The van der Waals surface area contributed by atoms with E-state index in [4.69, 9.17) is 14.7 Å². The number of anilines is 1. The minimum absolute atomic E-state index is 0.722. The average Bonchev–Trinajstić information content (AvgIpc) is 3.20. The third-order valence-electron chi connectivity index (χ3n) is 6.73. The van der Waals surface area contributed by atoms with E-state index in [1.165, 1.54) is 28.8 Å². The molecule has 4 heterocycles. The summed E-state index contributed by atoms with van der Waals surface area (Å²) in [6, 6.07) is 10.4. The van der Waals surface area contributed by atoms with Gasteiger partial charge in [-0.3, -0.25) is 4.90 Å². The largest absolute Gasteiger partial charge is 0.439 e. The average molecular weight is 449 g/mol. The van der Waals surface area contributed by atoms with Gasteiger partial charge in [-0.2, -0.15) is 4.98 Å². The van der Waals surface area contributed by atoms with Crippen LogP contribution in [0.25, 0.3) is 0 Å². The van der Waals surface area contributed by atoms with Gasteiger partial charge in [-0.15, -0.1) is 11.3 Å². The van der Waals surface area contributed by atoms with Crippen molar-refractivity contribution in [2.75, 3.05) is 24.5 Å². The number of fused-ring (bicyclic) bond motifs is 1. The zero-order valence-corrected chi connectivity index (χ0v) is 20.1. The van der Waals surface area contributed by atoms with Crippen LogP contribution in [0, 0.1) is 19.8 Å². The summed E-state index contributed by atoms with van der Waals surface area (Å²) in [7, 11) is 0. The van der Waals surface area contributed by atoms with E-state index < -0.39 is 0 Å². The van der Waals surface area contributed by atoms with Crippen LogP contribution in [0.2, 0.25) is 0 Å². The molecule has 32 heavy (non-hydrogen) atoms. The quantitative estimate of drug-likeness (QED) is 0.498. The molecule has 0 atom stereocenters. The number of benzene rings is 1. The summed E-state index contributed by atoms with van der Waals surface area (Å²) in [6.07, 6.45) is 3.33. The molecule has 1 fully saturated rings. The van der Waals surface area contributed by atoms with Gasteiger partial charge in [0, 0.05) is 44.0 Å². The smallest absolute Gasteiger partial charge is 0.228 e. The van der Waals surface area contributed by atoms with Gasteiger partial charge in [0.15, 0.2) is 0 Å². The highest BCUT2D eigenvalue weighted by molar-refractivity contribution is 7.10. The van der Waals surface area contributed by atoms with Gasteiger partial charge in [0.25, 0.3) is 0 Å². The fourth-order valence-corrected chi connectivity index (χ4v) is 5.43. The predicted molar refractivity (Wildman–Crippen MR) is 131 cm³/mol. The molecule has 168 valence electrons. The number of aryl methyl sites for hydroxylation is 2. The molecule has 0 amide bonds. The minimum atomic E-state index is 0.722. The molecule has 2 aliphatic rings. The Hall–Kier alpha value is -2.44. The maximum absolute atomic E-state index is 6.39. The second kappa shape index (κ2) is 9.20. The van der Waals surface area contributed by atoms with E-state index >= 15 is 0 Å². The molecule has 5 nitrogen and oxygen atoms in total. The molecule has 0 bridgehead atoms. The molecule has 1 saturated heterocycles. The Labute approximate surface area is 195 Å². The van der Waals surface area contributed by atoms with Crippen molar-refractivity contribution in [3.8, 4) is 11.6 Å². The molecule has 0 radical (unpaired) electrons. The van der Waals surface area contributed by atoms with Crippen molar-refractivity contribution in [3.63, 3.8) is 0 Å². The van der Waals surface area contributed by atoms with Crippen molar-refractivity contribution >= 4 is 17.3 Å². The predicted octanol–water partition coefficient (Wildman–Crippen LogP) is 5.74. The molecule has 2 aromatic heterocycles. The number of rotatable bonds is 5. The zero-order valence-electron chi connectivity index (χ0n) is 19.3. The first kappa shape index (κ1) is 21.4. The van der Waals surface area contributed by atoms with Crippen molar-refractivity contribution in [1.82, 2.24) is 14.9 Å². The number of hydrogen-bond donors (Lipinski definition) is 0. The van der Waals surface area contributed by atoms with Crippen molar-refractivity contribution < 1.29 is 4.74 Å². The van der Waals surface area contributed by atoms with Gasteiger partial charge < -0.3 is 9.64 Å². The first-order valence-corrected chi connectivity index (χ1v) is 12.6. The van der Waals surface area contributed by atoms with Crippen molar-refractivity contribution in [3.05, 3.63) is 63.0 Å². The Morgan fingerprint density at radius 3 is 2.53 bits per heavy atom. The van der Waals surface area contributed by atoms with E-state index in [1.54, 1.807) is 0 Å². The molecule has 1 aromatic carbocycles. The molecule has 2 aliphatic heterocycles. The molecule has 0 unspecified atom stereocenters. The van der Waals surface area contributed by atoms with E-state index in [2.05, 4.69) is 54.2 Å². The lowest BCUT2D eigenvalue weighted by Crippen LogP contribution is -2.36. The lowest BCUT2D eigenvalue weighted by atomic mass is 9.99. The standard InChI is InChI=1S/C26H32N4OS/c1-18-4-6-21(7-5-18)31-25-22-16-29(17-24-20(3)11-15-32-24)12-10-23(22)27-26(28-25)30-13-8-19(2)9-14-30/h4-7,11,15,19H,8-10,12-14,16-17H2,1-3H3. The highest BCUT2D eigenvalue weighted by atomic mass is 32.1. The van der Waals surface area contributed by atoms with Crippen LogP contribution in [-0.4, -0.2) is 34.5 Å². The normalized spacial score (nSPS) is 17.4. The van der Waals surface area contributed by atoms with Gasteiger partial charge in [-0.25, -0.2) is 4.98 Å². The van der Waals surface area contributed by atoms with Crippen LogP contribution in [0.1, 0.15) is 47.0 Å². The van der Waals surface area contributed by atoms with E-state index in [0.717, 1.165) is 73.9 Å². The van der Waals surface area contributed by atoms with Crippen LogP contribution in [0.3, 0.4) is 0 Å². The lowest BCUT2D eigenvalue weighted by Gasteiger charge is -2.33. The molecule has 0 N–H and O–H groups in total. The Bertz CT molecular complexity index is 1070. The highest BCUT2D eigenvalue weighted by Crippen LogP contribution is 2.33. The summed E-state index contributed by atoms with van der Waals surface area (Å²) in [5.74, 6) is 3.17. The van der Waals surface area contributed by atoms with Crippen LogP contribution in [0.15, 0.2) is 35.7 Å². The van der Waals surface area contributed by atoms with Gasteiger partial charge in [0.1, 0.15) is 5.75 Å². The van der Waals surface area contributed by atoms with Crippen molar-refractivity contribution in [1.29, 1.82) is 0 Å².